The molecule has 2 aromatic rings. The van der Waals surface area contributed by atoms with Crippen molar-refractivity contribution in [2.75, 3.05) is 27.5 Å². The van der Waals surface area contributed by atoms with E-state index in [4.69, 9.17) is 14.2 Å². The molecule has 1 fully saturated rings. The number of carbonyl (C=O) groups is 1. The topological polar surface area (TPSA) is 80.8 Å². The number of unbranched alkanes of at least 4 members (excludes halogenated alkanes) is 8. The average Bonchev–Trinajstić information content (AvgIpc) is 3.58. The highest BCUT2D eigenvalue weighted by molar-refractivity contribution is 5.84. The molecule has 1 saturated heterocycles. The number of aromatic nitrogens is 1. The van der Waals surface area contributed by atoms with Crippen LogP contribution in [-0.4, -0.2) is 60.5 Å². The minimum atomic E-state index is -0.906. The molecule has 7 heteroatoms. The molecule has 1 aromatic carbocycles. The summed E-state index contributed by atoms with van der Waals surface area (Å²) in [6.45, 7) is 2.76. The number of hydrogen-bond acceptors (Lipinski definition) is 5. The fourth-order valence-electron chi connectivity index (χ4n) is 5.90. The lowest BCUT2D eigenvalue weighted by atomic mass is 10.0. The zero-order chi connectivity index (χ0) is 30.0. The number of likely N-dealkylation sites (N-methyl/N-ethyl adjacent to an activating group) is 1. The van der Waals surface area contributed by atoms with Crippen LogP contribution in [0.4, 0.5) is 4.79 Å². The molecular formula is C35H55N2O5+. The van der Waals surface area contributed by atoms with E-state index in [0.717, 1.165) is 74.6 Å². The van der Waals surface area contributed by atoms with E-state index < -0.39 is 6.29 Å². The minimum Gasteiger partial charge on any atom is -0.497 e. The number of nitrogens with one attached hydrogen (secondary N) is 1. The van der Waals surface area contributed by atoms with Crippen molar-refractivity contribution in [1.82, 2.24) is 4.98 Å². The predicted molar refractivity (Wildman–Crippen MR) is 170 cm³/mol. The lowest BCUT2D eigenvalue weighted by Crippen LogP contribution is -2.53. The number of hydrogen-bond donors (Lipinski definition) is 2. The Bertz CT molecular complexity index is 1110. The van der Waals surface area contributed by atoms with Crippen LogP contribution in [0.5, 0.6) is 5.75 Å². The lowest BCUT2D eigenvalue weighted by Gasteiger charge is -2.31. The number of methoxy groups -OCH3 is 1. The van der Waals surface area contributed by atoms with Crippen molar-refractivity contribution in [3.05, 3.63) is 54.3 Å². The van der Waals surface area contributed by atoms with Gasteiger partial charge in [0.15, 0.2) is 6.29 Å². The summed E-state index contributed by atoms with van der Waals surface area (Å²) in [5, 5.41) is 11.3. The SMILES string of the molecule is CCCCC/C=C\C/C=C\CCCCCCCC(O)OCOC(=O)[N+]1(C)CCCC1Cc1c[nH]c2ccc(OC)cc12. The van der Waals surface area contributed by atoms with E-state index in [0.29, 0.717) is 6.42 Å². The molecule has 0 bridgehead atoms. The van der Waals surface area contributed by atoms with Gasteiger partial charge < -0.3 is 24.3 Å². The molecular weight excluding hydrogens is 528 g/mol. The van der Waals surface area contributed by atoms with Crippen molar-refractivity contribution in [2.45, 2.75) is 116 Å². The Labute approximate surface area is 253 Å². The van der Waals surface area contributed by atoms with Crippen molar-refractivity contribution in [3.63, 3.8) is 0 Å². The van der Waals surface area contributed by atoms with E-state index in [1.54, 1.807) is 7.11 Å². The van der Waals surface area contributed by atoms with Crippen molar-refractivity contribution in [1.29, 1.82) is 0 Å². The third-order valence-electron chi connectivity index (χ3n) is 8.66. The molecule has 0 spiro atoms. The van der Waals surface area contributed by atoms with Crippen LogP contribution in [0, 0.1) is 0 Å². The number of ether oxygens (including phenoxy) is 3. The van der Waals surface area contributed by atoms with Crippen molar-refractivity contribution in [3.8, 4) is 5.75 Å². The van der Waals surface area contributed by atoms with Crippen LogP contribution in [0.25, 0.3) is 10.9 Å². The summed E-state index contributed by atoms with van der Waals surface area (Å²) in [7, 11) is 3.62. The van der Waals surface area contributed by atoms with Gasteiger partial charge in [0, 0.05) is 36.4 Å². The van der Waals surface area contributed by atoms with Gasteiger partial charge >= 0.3 is 6.09 Å². The number of allylic oxidation sites excluding steroid dienone is 4. The number of likely N-dealkylation sites (tertiary alicyclic amines) is 1. The van der Waals surface area contributed by atoms with Crippen LogP contribution in [0.3, 0.4) is 0 Å². The first-order valence-electron chi connectivity index (χ1n) is 16.2. The maximum atomic E-state index is 13.1. The first-order chi connectivity index (χ1) is 20.5. The summed E-state index contributed by atoms with van der Waals surface area (Å²) in [6, 6.07) is 6.13. The predicted octanol–water partition coefficient (Wildman–Crippen LogP) is 8.57. The fourth-order valence-corrected chi connectivity index (χ4v) is 5.90. The van der Waals surface area contributed by atoms with E-state index in [9.17, 15) is 9.90 Å². The maximum absolute atomic E-state index is 13.1. The second kappa shape index (κ2) is 18.8. The monoisotopic (exact) mass is 583 g/mol. The molecule has 0 saturated carbocycles. The molecule has 1 amide bonds. The zero-order valence-electron chi connectivity index (χ0n) is 26.3. The van der Waals surface area contributed by atoms with Crippen LogP contribution in [0.1, 0.15) is 102 Å². The average molecular weight is 584 g/mol. The third kappa shape index (κ3) is 10.9. The van der Waals surface area contributed by atoms with Gasteiger partial charge in [-0.3, -0.25) is 0 Å². The molecule has 2 N–H and O–H groups in total. The highest BCUT2D eigenvalue weighted by atomic mass is 16.7. The highest BCUT2D eigenvalue weighted by Gasteiger charge is 2.46. The summed E-state index contributed by atoms with van der Waals surface area (Å²) in [6.07, 6.45) is 26.1. The van der Waals surface area contributed by atoms with E-state index in [2.05, 4.69) is 36.2 Å². The van der Waals surface area contributed by atoms with Gasteiger partial charge in [0.25, 0.3) is 0 Å². The molecule has 1 aromatic heterocycles. The van der Waals surface area contributed by atoms with Crippen molar-refractivity contribution in [2.24, 2.45) is 0 Å². The lowest BCUT2D eigenvalue weighted by molar-refractivity contribution is -0.850. The van der Waals surface area contributed by atoms with Crippen molar-refractivity contribution >= 4 is 17.0 Å². The van der Waals surface area contributed by atoms with Crippen LogP contribution in [-0.2, 0) is 15.9 Å². The summed E-state index contributed by atoms with van der Waals surface area (Å²) in [5.41, 5.74) is 2.24. The number of benzene rings is 1. The van der Waals surface area contributed by atoms with E-state index >= 15 is 0 Å². The molecule has 234 valence electrons. The Kier molecular flexibility index (Phi) is 15.2. The number of quaternary nitrogens is 1. The van der Waals surface area contributed by atoms with Gasteiger partial charge in [0.1, 0.15) is 11.8 Å². The number of aliphatic hydroxyl groups excluding tert-OH is 1. The first-order valence-corrected chi connectivity index (χ1v) is 16.2. The van der Waals surface area contributed by atoms with Crippen LogP contribution in [0.15, 0.2) is 48.7 Å². The molecule has 1 aliphatic rings. The maximum Gasteiger partial charge on any atom is 0.518 e. The number of carbonyl (C=O) groups excluding carboxylic acids is 1. The molecule has 2 heterocycles. The summed E-state index contributed by atoms with van der Waals surface area (Å²) in [5.74, 6) is 0.821. The molecule has 3 rings (SSSR count). The van der Waals surface area contributed by atoms with Gasteiger partial charge in [-0.15, -0.1) is 0 Å². The summed E-state index contributed by atoms with van der Waals surface area (Å²) in [4.78, 5) is 16.4. The standard InChI is InChI=1S/C35H55N2O5/c1-4-5-6-7-8-9-10-11-12-13-14-15-16-17-18-21-34(38)41-28-42-35(39)37(2)24-19-20-30(37)25-29-27-36-33-23-22-31(40-3)26-32(29)33/h8-9,11-12,22-23,26-27,30,34,36,38H,4-7,10,13-21,24-25,28H2,1-3H3/q+1/b9-8-,12-11-. The van der Waals surface area contributed by atoms with Crippen molar-refractivity contribution < 1.29 is 28.6 Å². The molecule has 3 unspecified atom stereocenters. The normalized spacial score (nSPS) is 19.8. The van der Waals surface area contributed by atoms with Gasteiger partial charge in [-0.2, -0.15) is 4.79 Å². The molecule has 1 aliphatic heterocycles. The smallest absolute Gasteiger partial charge is 0.497 e. The minimum absolute atomic E-state index is 0.125. The summed E-state index contributed by atoms with van der Waals surface area (Å²) >= 11 is 0. The Morgan fingerprint density at radius 2 is 1.81 bits per heavy atom. The molecule has 0 radical (unpaired) electrons. The number of aliphatic hydroxyl groups is 1. The zero-order valence-corrected chi connectivity index (χ0v) is 26.3. The Morgan fingerprint density at radius 3 is 2.57 bits per heavy atom. The Balaban J connectivity index is 1.26. The number of aromatic amines is 1. The number of rotatable bonds is 20. The van der Waals surface area contributed by atoms with E-state index in [-0.39, 0.29) is 23.4 Å². The van der Waals surface area contributed by atoms with Gasteiger partial charge in [-0.05, 0) is 68.7 Å². The Hall–Kier alpha value is -2.61. The number of fused-ring (bicyclic) bond motifs is 1. The fraction of sp³-hybridized carbons (Fsp3) is 0.629. The number of amides is 1. The van der Waals surface area contributed by atoms with E-state index in [1.165, 1.54) is 44.1 Å². The quantitative estimate of drug-likeness (QED) is 0.0706. The van der Waals surface area contributed by atoms with Crippen LogP contribution in [0.2, 0.25) is 0 Å². The van der Waals surface area contributed by atoms with Gasteiger partial charge in [0.05, 0.1) is 20.7 Å². The third-order valence-corrected chi connectivity index (χ3v) is 8.66. The molecule has 0 aliphatic carbocycles. The van der Waals surface area contributed by atoms with Gasteiger partial charge in [-0.1, -0.05) is 63.3 Å². The highest BCUT2D eigenvalue weighted by Crippen LogP contribution is 2.32. The second-order valence-electron chi connectivity index (χ2n) is 11.9. The number of nitrogens with zero attached hydrogens (tertiary/aromatic N) is 1. The molecule has 42 heavy (non-hydrogen) atoms. The van der Waals surface area contributed by atoms with Gasteiger partial charge in [-0.25, -0.2) is 4.48 Å². The largest absolute Gasteiger partial charge is 0.518 e. The molecule has 7 nitrogen and oxygen atoms in total. The van der Waals surface area contributed by atoms with Gasteiger partial charge in [0.2, 0.25) is 6.79 Å². The molecule has 3 atom stereocenters. The second-order valence-corrected chi connectivity index (χ2v) is 11.9. The van der Waals surface area contributed by atoms with Crippen LogP contribution >= 0.6 is 0 Å². The van der Waals surface area contributed by atoms with E-state index in [1.807, 2.05) is 31.4 Å². The Morgan fingerprint density at radius 1 is 1.07 bits per heavy atom. The number of H-pyrrole nitrogens is 1. The first kappa shape index (κ1) is 33.9. The summed E-state index contributed by atoms with van der Waals surface area (Å²) < 4.78 is 16.6. The van der Waals surface area contributed by atoms with Crippen LogP contribution < -0.4 is 4.74 Å².